The number of para-hydroxylation sites is 2. The highest BCUT2D eigenvalue weighted by Crippen LogP contribution is 2.24. The fourth-order valence-electron chi connectivity index (χ4n) is 2.87. The highest BCUT2D eigenvalue weighted by atomic mass is 32.2. The monoisotopic (exact) mass is 293 g/mol. The second kappa shape index (κ2) is 4.86. The molecule has 108 valence electrons. The van der Waals surface area contributed by atoms with Crippen molar-refractivity contribution in [3.63, 3.8) is 0 Å². The SMILES string of the molecule is CCC1CS(=O)(=O)CC(c2nc3ccccc3n2C)N1. The summed E-state index contributed by atoms with van der Waals surface area (Å²) in [6, 6.07) is 7.65. The summed E-state index contributed by atoms with van der Waals surface area (Å²) < 4.78 is 26.1. The van der Waals surface area contributed by atoms with E-state index in [4.69, 9.17) is 0 Å². The van der Waals surface area contributed by atoms with Gasteiger partial charge in [0.1, 0.15) is 5.82 Å². The smallest absolute Gasteiger partial charge is 0.153 e. The second-order valence-electron chi connectivity index (χ2n) is 5.42. The number of nitrogens with one attached hydrogen (secondary N) is 1. The molecule has 1 aliphatic rings. The topological polar surface area (TPSA) is 64.0 Å². The highest BCUT2D eigenvalue weighted by Gasteiger charge is 2.33. The van der Waals surface area contributed by atoms with E-state index in [-0.39, 0.29) is 23.6 Å². The van der Waals surface area contributed by atoms with Crippen LogP contribution in [0.1, 0.15) is 25.2 Å². The third-order valence-electron chi connectivity index (χ3n) is 3.94. The van der Waals surface area contributed by atoms with Gasteiger partial charge in [-0.15, -0.1) is 0 Å². The van der Waals surface area contributed by atoms with Crippen molar-refractivity contribution in [1.29, 1.82) is 0 Å². The Kier molecular flexibility index (Phi) is 3.30. The minimum absolute atomic E-state index is 0.0126. The standard InChI is InChI=1S/C14H19N3O2S/c1-3-10-8-20(18,19)9-12(15-10)14-16-11-6-4-5-7-13(11)17(14)2/h4-7,10,12,15H,3,8-9H2,1-2H3. The van der Waals surface area contributed by atoms with Crippen LogP contribution in [0.15, 0.2) is 24.3 Å². The van der Waals surface area contributed by atoms with Crippen LogP contribution in [-0.4, -0.2) is 35.5 Å². The Morgan fingerprint density at radius 3 is 2.80 bits per heavy atom. The van der Waals surface area contributed by atoms with Crippen molar-refractivity contribution in [3.8, 4) is 0 Å². The molecular weight excluding hydrogens is 274 g/mol. The first-order valence-electron chi connectivity index (χ1n) is 6.88. The molecule has 20 heavy (non-hydrogen) atoms. The number of hydrogen-bond donors (Lipinski definition) is 1. The van der Waals surface area contributed by atoms with Crippen molar-refractivity contribution in [3.05, 3.63) is 30.1 Å². The molecule has 0 amide bonds. The van der Waals surface area contributed by atoms with Gasteiger partial charge >= 0.3 is 0 Å². The molecule has 2 unspecified atom stereocenters. The fourth-order valence-corrected chi connectivity index (χ4v) is 4.70. The summed E-state index contributed by atoms with van der Waals surface area (Å²) in [4.78, 5) is 4.61. The molecule has 0 radical (unpaired) electrons. The molecule has 1 aliphatic heterocycles. The third kappa shape index (κ3) is 2.33. The summed E-state index contributed by atoms with van der Waals surface area (Å²) >= 11 is 0. The van der Waals surface area contributed by atoms with Gasteiger partial charge in [0, 0.05) is 13.1 Å². The van der Waals surface area contributed by atoms with Gasteiger partial charge in [-0.05, 0) is 18.6 Å². The van der Waals surface area contributed by atoms with Gasteiger partial charge in [-0.2, -0.15) is 0 Å². The molecule has 1 aromatic carbocycles. The molecule has 1 fully saturated rings. The van der Waals surface area contributed by atoms with Crippen LogP contribution >= 0.6 is 0 Å². The first-order chi connectivity index (χ1) is 9.50. The number of fused-ring (bicyclic) bond motifs is 1. The Morgan fingerprint density at radius 1 is 1.35 bits per heavy atom. The molecular formula is C14H19N3O2S. The minimum atomic E-state index is -3.01. The maximum atomic E-state index is 12.1. The maximum absolute atomic E-state index is 12.1. The van der Waals surface area contributed by atoms with Gasteiger partial charge in [0.2, 0.25) is 0 Å². The van der Waals surface area contributed by atoms with E-state index in [0.29, 0.717) is 0 Å². The van der Waals surface area contributed by atoms with Crippen molar-refractivity contribution >= 4 is 20.9 Å². The van der Waals surface area contributed by atoms with E-state index < -0.39 is 9.84 Å². The Balaban J connectivity index is 2.04. The molecule has 2 heterocycles. The Bertz CT molecular complexity index is 736. The van der Waals surface area contributed by atoms with Crippen LogP contribution in [0.2, 0.25) is 0 Å². The largest absolute Gasteiger partial charge is 0.330 e. The number of nitrogens with zero attached hydrogens (tertiary/aromatic N) is 2. The first-order valence-corrected chi connectivity index (χ1v) is 8.70. The summed E-state index contributed by atoms with van der Waals surface area (Å²) in [5.41, 5.74) is 1.93. The lowest BCUT2D eigenvalue weighted by molar-refractivity contribution is 0.423. The molecule has 1 saturated heterocycles. The van der Waals surface area contributed by atoms with Crippen molar-refractivity contribution in [2.75, 3.05) is 11.5 Å². The second-order valence-corrected chi connectivity index (χ2v) is 7.57. The van der Waals surface area contributed by atoms with Gasteiger partial charge in [-0.1, -0.05) is 19.1 Å². The van der Waals surface area contributed by atoms with Crippen LogP contribution in [0.4, 0.5) is 0 Å². The number of aryl methyl sites for hydroxylation is 1. The average Bonchev–Trinajstić information content (AvgIpc) is 2.75. The lowest BCUT2D eigenvalue weighted by atomic mass is 10.2. The minimum Gasteiger partial charge on any atom is -0.330 e. The first kappa shape index (κ1) is 13.6. The van der Waals surface area contributed by atoms with Crippen LogP contribution in [0.25, 0.3) is 11.0 Å². The quantitative estimate of drug-likeness (QED) is 0.909. The van der Waals surface area contributed by atoms with E-state index in [1.54, 1.807) is 0 Å². The summed E-state index contributed by atoms with van der Waals surface area (Å²) in [7, 11) is -1.07. The Hall–Kier alpha value is -1.40. The van der Waals surface area contributed by atoms with E-state index >= 15 is 0 Å². The maximum Gasteiger partial charge on any atom is 0.153 e. The van der Waals surface area contributed by atoms with E-state index in [1.165, 1.54) is 0 Å². The fraction of sp³-hybridized carbons (Fsp3) is 0.500. The molecule has 0 bridgehead atoms. The summed E-state index contributed by atoms with van der Waals surface area (Å²) in [6.45, 7) is 2.00. The van der Waals surface area contributed by atoms with Crippen molar-refractivity contribution in [1.82, 2.24) is 14.9 Å². The molecule has 3 rings (SSSR count). The number of imidazole rings is 1. The molecule has 0 spiro atoms. The Morgan fingerprint density at radius 2 is 2.10 bits per heavy atom. The van der Waals surface area contributed by atoms with E-state index in [0.717, 1.165) is 23.3 Å². The van der Waals surface area contributed by atoms with E-state index in [1.807, 2.05) is 42.8 Å². The van der Waals surface area contributed by atoms with E-state index in [9.17, 15) is 8.42 Å². The highest BCUT2D eigenvalue weighted by molar-refractivity contribution is 7.91. The molecule has 5 nitrogen and oxygen atoms in total. The van der Waals surface area contributed by atoms with Crippen molar-refractivity contribution in [2.45, 2.75) is 25.4 Å². The van der Waals surface area contributed by atoms with Gasteiger partial charge in [0.05, 0.1) is 28.6 Å². The van der Waals surface area contributed by atoms with Gasteiger partial charge in [0.15, 0.2) is 9.84 Å². The predicted molar refractivity (Wildman–Crippen MR) is 79.3 cm³/mol. The van der Waals surface area contributed by atoms with Crippen LogP contribution in [0, 0.1) is 0 Å². The molecule has 2 aromatic rings. The van der Waals surface area contributed by atoms with Gasteiger partial charge in [-0.3, -0.25) is 0 Å². The molecule has 0 saturated carbocycles. The van der Waals surface area contributed by atoms with Gasteiger partial charge < -0.3 is 9.88 Å². The zero-order valence-corrected chi connectivity index (χ0v) is 12.5. The zero-order valence-electron chi connectivity index (χ0n) is 11.7. The zero-order chi connectivity index (χ0) is 14.3. The summed E-state index contributed by atoms with van der Waals surface area (Å²) in [6.07, 6.45) is 0.805. The number of rotatable bonds is 2. The normalized spacial score (nSPS) is 25.9. The molecule has 1 N–H and O–H groups in total. The van der Waals surface area contributed by atoms with Crippen LogP contribution in [0.5, 0.6) is 0 Å². The molecule has 2 atom stereocenters. The van der Waals surface area contributed by atoms with Gasteiger partial charge in [0.25, 0.3) is 0 Å². The average molecular weight is 293 g/mol. The number of aromatic nitrogens is 2. The molecule has 1 aromatic heterocycles. The lowest BCUT2D eigenvalue weighted by Crippen LogP contribution is -2.47. The number of benzene rings is 1. The van der Waals surface area contributed by atoms with Crippen LogP contribution in [0.3, 0.4) is 0 Å². The summed E-state index contributed by atoms with van der Waals surface area (Å²) in [5, 5.41) is 3.41. The van der Waals surface area contributed by atoms with Crippen molar-refractivity contribution < 1.29 is 8.42 Å². The molecule has 0 aliphatic carbocycles. The Labute approximate surface area is 118 Å². The molecule has 6 heteroatoms. The van der Waals surface area contributed by atoms with Crippen LogP contribution < -0.4 is 5.32 Å². The summed E-state index contributed by atoms with van der Waals surface area (Å²) in [5.74, 6) is 1.15. The van der Waals surface area contributed by atoms with Crippen molar-refractivity contribution in [2.24, 2.45) is 7.05 Å². The van der Waals surface area contributed by atoms with E-state index in [2.05, 4.69) is 10.3 Å². The number of hydrogen-bond acceptors (Lipinski definition) is 4. The van der Waals surface area contributed by atoms with Crippen LogP contribution in [-0.2, 0) is 16.9 Å². The van der Waals surface area contributed by atoms with Gasteiger partial charge in [-0.25, -0.2) is 13.4 Å². The predicted octanol–water partition coefficient (Wildman–Crippen LogP) is 1.41. The third-order valence-corrected chi connectivity index (χ3v) is 5.69. The number of sulfone groups is 1. The lowest BCUT2D eigenvalue weighted by Gasteiger charge is -2.29.